The van der Waals surface area contributed by atoms with Crippen molar-refractivity contribution in [2.75, 3.05) is 19.1 Å². The Morgan fingerprint density at radius 3 is 2.06 bits per heavy atom. The predicted octanol–water partition coefficient (Wildman–Crippen LogP) is 5.51. The molecule has 0 spiro atoms. The van der Waals surface area contributed by atoms with E-state index in [0.29, 0.717) is 28.3 Å². The molecular formula is C29H29NO5. The highest BCUT2D eigenvalue weighted by Gasteiger charge is 2.47. The third kappa shape index (κ3) is 4.39. The highest BCUT2D eigenvalue weighted by atomic mass is 16.5. The van der Waals surface area contributed by atoms with Gasteiger partial charge in [-0.25, -0.2) is 0 Å². The standard InChI is InChI=1S/C29H29NO5/c1-6-19-8-11-20(12-9-19)26-25(27(31)21-10-7-17(2)18(3)13-21)28(32)29(33)30(26)22-14-23(34-4)16-24(15-22)35-5/h7-16,26,31H,6H2,1-5H3/b27-25+. The summed E-state index contributed by atoms with van der Waals surface area (Å²) in [5.74, 6) is -0.707. The average Bonchev–Trinajstić information content (AvgIpc) is 3.15. The van der Waals surface area contributed by atoms with Crippen molar-refractivity contribution in [2.24, 2.45) is 0 Å². The summed E-state index contributed by atoms with van der Waals surface area (Å²) < 4.78 is 10.8. The van der Waals surface area contributed by atoms with Crippen molar-refractivity contribution in [3.8, 4) is 11.5 Å². The van der Waals surface area contributed by atoms with E-state index in [1.165, 1.54) is 19.1 Å². The zero-order valence-corrected chi connectivity index (χ0v) is 20.6. The van der Waals surface area contributed by atoms with E-state index < -0.39 is 17.7 Å². The summed E-state index contributed by atoms with van der Waals surface area (Å²) in [5, 5.41) is 11.4. The lowest BCUT2D eigenvalue weighted by molar-refractivity contribution is -0.132. The third-order valence-corrected chi connectivity index (χ3v) is 6.54. The number of aryl methyl sites for hydroxylation is 3. The second kappa shape index (κ2) is 9.66. The molecule has 3 aromatic carbocycles. The lowest BCUT2D eigenvalue weighted by Gasteiger charge is -2.26. The van der Waals surface area contributed by atoms with Crippen LogP contribution in [-0.2, 0) is 16.0 Å². The smallest absolute Gasteiger partial charge is 0.300 e. The van der Waals surface area contributed by atoms with E-state index >= 15 is 0 Å². The van der Waals surface area contributed by atoms with Gasteiger partial charge in [-0.05, 0) is 48.6 Å². The van der Waals surface area contributed by atoms with Crippen LogP contribution in [0.15, 0.2) is 66.2 Å². The van der Waals surface area contributed by atoms with Crippen molar-refractivity contribution in [2.45, 2.75) is 33.2 Å². The van der Waals surface area contributed by atoms with Gasteiger partial charge in [0, 0.05) is 23.8 Å². The number of rotatable bonds is 6. The van der Waals surface area contributed by atoms with Crippen LogP contribution in [0, 0.1) is 13.8 Å². The predicted molar refractivity (Wildman–Crippen MR) is 136 cm³/mol. The number of methoxy groups -OCH3 is 2. The van der Waals surface area contributed by atoms with Crippen molar-refractivity contribution in [1.29, 1.82) is 0 Å². The van der Waals surface area contributed by atoms with Crippen molar-refractivity contribution in [3.05, 3.63) is 94.1 Å². The summed E-state index contributed by atoms with van der Waals surface area (Å²) in [5.41, 5.74) is 4.86. The highest BCUT2D eigenvalue weighted by molar-refractivity contribution is 6.51. The van der Waals surface area contributed by atoms with Gasteiger partial charge >= 0.3 is 0 Å². The Bertz CT molecular complexity index is 1300. The quantitative estimate of drug-likeness (QED) is 0.291. The van der Waals surface area contributed by atoms with Crippen LogP contribution >= 0.6 is 0 Å². The van der Waals surface area contributed by atoms with Crippen LogP contribution < -0.4 is 14.4 Å². The van der Waals surface area contributed by atoms with Crippen LogP contribution in [0.2, 0.25) is 0 Å². The molecular weight excluding hydrogens is 442 g/mol. The number of ketones is 1. The maximum atomic E-state index is 13.4. The zero-order valence-electron chi connectivity index (χ0n) is 20.6. The van der Waals surface area contributed by atoms with E-state index in [9.17, 15) is 14.7 Å². The summed E-state index contributed by atoms with van der Waals surface area (Å²) in [6, 6.07) is 17.4. The normalized spacial score (nSPS) is 17.1. The first-order valence-electron chi connectivity index (χ1n) is 11.5. The van der Waals surface area contributed by atoms with E-state index in [1.54, 1.807) is 24.3 Å². The number of anilines is 1. The van der Waals surface area contributed by atoms with Gasteiger partial charge in [-0.2, -0.15) is 0 Å². The largest absolute Gasteiger partial charge is 0.507 e. The van der Waals surface area contributed by atoms with Crippen LogP contribution in [0.4, 0.5) is 5.69 Å². The average molecular weight is 472 g/mol. The number of aliphatic hydroxyl groups excluding tert-OH is 1. The summed E-state index contributed by atoms with van der Waals surface area (Å²) in [6.07, 6.45) is 0.857. The maximum Gasteiger partial charge on any atom is 0.300 e. The molecule has 0 radical (unpaired) electrons. The summed E-state index contributed by atoms with van der Waals surface area (Å²) in [6.45, 7) is 5.97. The molecule has 1 aliphatic heterocycles. The van der Waals surface area contributed by atoms with E-state index in [1.807, 2.05) is 50.2 Å². The SMILES string of the molecule is CCc1ccc(C2/C(=C(\O)c3ccc(C)c(C)c3)C(=O)C(=O)N2c2cc(OC)cc(OC)c2)cc1. The summed E-state index contributed by atoms with van der Waals surface area (Å²) in [7, 11) is 3.04. The Hall–Kier alpha value is -4.06. The zero-order chi connectivity index (χ0) is 25.3. The Kier molecular flexibility index (Phi) is 6.65. The van der Waals surface area contributed by atoms with Crippen LogP contribution in [-0.4, -0.2) is 31.0 Å². The molecule has 35 heavy (non-hydrogen) atoms. The van der Waals surface area contributed by atoms with Gasteiger partial charge in [-0.1, -0.05) is 43.3 Å². The van der Waals surface area contributed by atoms with Gasteiger partial charge in [0.1, 0.15) is 17.3 Å². The number of carbonyl (C=O) groups is 2. The minimum Gasteiger partial charge on any atom is -0.507 e. The molecule has 6 heteroatoms. The number of amides is 1. The maximum absolute atomic E-state index is 13.4. The number of Topliss-reactive ketones (excluding diaryl/α,β-unsaturated/α-hetero) is 1. The third-order valence-electron chi connectivity index (χ3n) is 6.54. The number of ether oxygens (including phenoxy) is 2. The second-order valence-corrected chi connectivity index (χ2v) is 8.63. The summed E-state index contributed by atoms with van der Waals surface area (Å²) in [4.78, 5) is 28.2. The molecule has 1 unspecified atom stereocenters. The van der Waals surface area contributed by atoms with Gasteiger partial charge in [0.25, 0.3) is 11.7 Å². The van der Waals surface area contributed by atoms with E-state index in [-0.39, 0.29) is 11.3 Å². The molecule has 6 nitrogen and oxygen atoms in total. The van der Waals surface area contributed by atoms with Gasteiger partial charge in [0.2, 0.25) is 0 Å². The molecule has 1 N–H and O–H groups in total. The molecule has 0 aliphatic carbocycles. The monoisotopic (exact) mass is 471 g/mol. The number of hydrogen-bond donors (Lipinski definition) is 1. The van der Waals surface area contributed by atoms with Crippen molar-refractivity contribution < 1.29 is 24.2 Å². The first-order valence-corrected chi connectivity index (χ1v) is 11.5. The number of hydrogen-bond acceptors (Lipinski definition) is 5. The lowest BCUT2D eigenvalue weighted by Crippen LogP contribution is -2.29. The molecule has 1 fully saturated rings. The van der Waals surface area contributed by atoms with Crippen LogP contribution in [0.5, 0.6) is 11.5 Å². The van der Waals surface area contributed by atoms with E-state index in [0.717, 1.165) is 23.1 Å². The van der Waals surface area contributed by atoms with Crippen LogP contribution in [0.1, 0.15) is 40.8 Å². The van der Waals surface area contributed by atoms with E-state index in [2.05, 4.69) is 6.92 Å². The fourth-order valence-corrected chi connectivity index (χ4v) is 4.33. The number of carbonyl (C=O) groups excluding carboxylic acids is 2. The Labute approximate surface area is 205 Å². The minimum absolute atomic E-state index is 0.0456. The fraction of sp³-hybridized carbons (Fsp3) is 0.241. The minimum atomic E-state index is -0.820. The van der Waals surface area contributed by atoms with Crippen molar-refractivity contribution in [3.63, 3.8) is 0 Å². The first-order chi connectivity index (χ1) is 16.8. The number of aliphatic hydroxyl groups is 1. The lowest BCUT2D eigenvalue weighted by atomic mass is 9.93. The molecule has 1 aliphatic rings. The fourth-order valence-electron chi connectivity index (χ4n) is 4.33. The van der Waals surface area contributed by atoms with Gasteiger partial charge in [-0.3, -0.25) is 14.5 Å². The van der Waals surface area contributed by atoms with Gasteiger partial charge in [0.15, 0.2) is 0 Å². The Morgan fingerprint density at radius 1 is 0.886 bits per heavy atom. The molecule has 0 bridgehead atoms. The number of benzene rings is 3. The van der Waals surface area contributed by atoms with E-state index in [4.69, 9.17) is 9.47 Å². The Morgan fingerprint density at radius 2 is 1.51 bits per heavy atom. The highest BCUT2D eigenvalue weighted by Crippen LogP contribution is 2.44. The molecule has 1 heterocycles. The van der Waals surface area contributed by atoms with Gasteiger partial charge in [0.05, 0.1) is 31.5 Å². The van der Waals surface area contributed by atoms with Gasteiger partial charge in [-0.15, -0.1) is 0 Å². The molecule has 0 saturated carbocycles. The second-order valence-electron chi connectivity index (χ2n) is 8.63. The first kappa shape index (κ1) is 24.1. The summed E-state index contributed by atoms with van der Waals surface area (Å²) >= 11 is 0. The molecule has 0 aromatic heterocycles. The molecule has 1 atom stereocenters. The number of nitrogens with zero attached hydrogens (tertiary/aromatic N) is 1. The molecule has 4 rings (SSSR count). The van der Waals surface area contributed by atoms with Crippen LogP contribution in [0.25, 0.3) is 5.76 Å². The topological polar surface area (TPSA) is 76.1 Å². The Balaban J connectivity index is 1.96. The molecule has 3 aromatic rings. The van der Waals surface area contributed by atoms with Gasteiger partial charge < -0.3 is 14.6 Å². The van der Waals surface area contributed by atoms with Crippen LogP contribution in [0.3, 0.4) is 0 Å². The molecule has 1 amide bonds. The molecule has 1 saturated heterocycles. The van der Waals surface area contributed by atoms with Crippen molar-refractivity contribution >= 4 is 23.1 Å². The molecule has 180 valence electrons. The van der Waals surface area contributed by atoms with Crippen molar-refractivity contribution in [1.82, 2.24) is 0 Å².